The van der Waals surface area contributed by atoms with Crippen LogP contribution in [0.1, 0.15) is 58.6 Å². The molecule has 0 aromatic heterocycles. The van der Waals surface area contributed by atoms with Crippen molar-refractivity contribution < 1.29 is 31.2 Å². The van der Waals surface area contributed by atoms with E-state index in [2.05, 4.69) is 0 Å². The minimum atomic E-state index is -4.00. The first-order valence-electron chi connectivity index (χ1n) is 13.1. The number of sulfone groups is 2. The molecule has 7 nitrogen and oxygen atoms in total. The molecular weight excluding hydrogens is 548 g/mol. The van der Waals surface area contributed by atoms with Crippen LogP contribution >= 0.6 is 0 Å². The van der Waals surface area contributed by atoms with E-state index in [1.54, 1.807) is 68.5 Å². The predicted molar refractivity (Wildman–Crippen MR) is 155 cm³/mol. The third kappa shape index (κ3) is 6.99. The smallest absolute Gasteiger partial charge is 0.303 e. The molecule has 0 N–H and O–H groups in total. The van der Waals surface area contributed by atoms with Crippen LogP contribution in [0.5, 0.6) is 0 Å². The Hall–Kier alpha value is -3.04. The largest absolute Gasteiger partial charge is 0.454 e. The van der Waals surface area contributed by atoms with Crippen molar-refractivity contribution in [2.75, 3.05) is 5.75 Å². The monoisotopic (exact) mass is 586 g/mol. The summed E-state index contributed by atoms with van der Waals surface area (Å²) in [4.78, 5) is 25.2. The average Bonchev–Trinajstić information content (AvgIpc) is 2.85. The Morgan fingerprint density at radius 3 is 1.93 bits per heavy atom. The van der Waals surface area contributed by atoms with Crippen LogP contribution in [-0.4, -0.2) is 45.7 Å². The fraction of sp³-hybridized carbons (Fsp3) is 0.419. The van der Waals surface area contributed by atoms with Gasteiger partial charge in [0.05, 0.1) is 20.8 Å². The summed E-state index contributed by atoms with van der Waals surface area (Å²) in [6, 6.07) is 13.1. The first-order chi connectivity index (χ1) is 18.5. The third-order valence-corrected chi connectivity index (χ3v) is 11.1. The Kier molecular flexibility index (Phi) is 9.31. The molecule has 1 aliphatic carbocycles. The molecule has 216 valence electrons. The van der Waals surface area contributed by atoms with Crippen molar-refractivity contribution in [2.24, 2.45) is 5.41 Å². The van der Waals surface area contributed by atoms with Crippen LogP contribution < -0.4 is 0 Å². The summed E-state index contributed by atoms with van der Waals surface area (Å²) in [6.45, 7) is 11.9. The quantitative estimate of drug-likeness (QED) is 0.282. The van der Waals surface area contributed by atoms with Crippen LogP contribution in [0.3, 0.4) is 0 Å². The first kappa shape index (κ1) is 31.5. The van der Waals surface area contributed by atoms with Crippen LogP contribution in [0.15, 0.2) is 81.1 Å². The van der Waals surface area contributed by atoms with Gasteiger partial charge in [0.1, 0.15) is 0 Å². The van der Waals surface area contributed by atoms with Gasteiger partial charge in [-0.25, -0.2) is 16.8 Å². The molecule has 1 aliphatic rings. The maximum absolute atomic E-state index is 14.2. The lowest BCUT2D eigenvalue weighted by Gasteiger charge is -2.41. The number of carbonyl (C=O) groups excluding carboxylic acids is 2. The summed E-state index contributed by atoms with van der Waals surface area (Å²) in [7, 11) is -7.63. The fourth-order valence-corrected chi connectivity index (χ4v) is 8.63. The summed E-state index contributed by atoms with van der Waals surface area (Å²) in [5.41, 5.74) is 2.33. The van der Waals surface area contributed by atoms with Crippen molar-refractivity contribution in [2.45, 2.75) is 82.5 Å². The lowest BCUT2D eigenvalue weighted by atomic mass is 9.69. The zero-order valence-corrected chi connectivity index (χ0v) is 25.8. The van der Waals surface area contributed by atoms with Gasteiger partial charge in [0.2, 0.25) is 0 Å². The molecule has 3 rings (SSSR count). The van der Waals surface area contributed by atoms with E-state index >= 15 is 0 Å². The number of Topliss-reactive ketones (excluding diaryl/α,β-unsaturated/α-hetero) is 1. The van der Waals surface area contributed by atoms with Gasteiger partial charge in [0, 0.05) is 13.3 Å². The van der Waals surface area contributed by atoms with E-state index in [1.807, 2.05) is 27.7 Å². The molecule has 0 aliphatic heterocycles. The first-order valence-corrected chi connectivity index (χ1v) is 16.3. The Balaban J connectivity index is 2.08. The highest BCUT2D eigenvalue weighted by atomic mass is 32.2. The van der Waals surface area contributed by atoms with Gasteiger partial charge in [-0.05, 0) is 74.9 Å². The van der Waals surface area contributed by atoms with Gasteiger partial charge in [0.25, 0.3) is 0 Å². The van der Waals surface area contributed by atoms with Gasteiger partial charge in [-0.15, -0.1) is 0 Å². The van der Waals surface area contributed by atoms with Gasteiger partial charge in [-0.2, -0.15) is 0 Å². The van der Waals surface area contributed by atoms with Crippen molar-refractivity contribution in [3.8, 4) is 0 Å². The number of carbonyl (C=O) groups is 2. The standard InChI is InChI=1S/C31H38O7S2/c1-20-8-12-25(13-9-20)39(34,35)17-16-22(3)18-28(40(36,37)26-14-10-21(2)11-15-26)29-23(4)30(33)27(38-24(5)32)19-31(29,6)7/h8-16,27-28H,17-19H2,1-7H3. The van der Waals surface area contributed by atoms with E-state index in [1.165, 1.54) is 6.92 Å². The predicted octanol–water partition coefficient (Wildman–Crippen LogP) is 5.50. The Morgan fingerprint density at radius 2 is 1.43 bits per heavy atom. The highest BCUT2D eigenvalue weighted by Gasteiger charge is 2.46. The molecule has 0 fully saturated rings. The van der Waals surface area contributed by atoms with Crippen molar-refractivity contribution in [3.63, 3.8) is 0 Å². The Morgan fingerprint density at radius 1 is 0.925 bits per heavy atom. The number of esters is 1. The second-order valence-corrected chi connectivity index (χ2v) is 15.4. The van der Waals surface area contributed by atoms with Crippen molar-refractivity contribution in [3.05, 3.63) is 82.5 Å². The number of hydrogen-bond acceptors (Lipinski definition) is 7. The maximum Gasteiger partial charge on any atom is 0.303 e. The molecule has 0 amide bonds. The SMILES string of the molecule is CC(=O)OC1CC(C)(C)C(C(CC(C)=CCS(=O)(=O)c2ccc(C)cc2)S(=O)(=O)c2ccc(C)cc2)=C(C)C1=O. The van der Waals surface area contributed by atoms with Gasteiger partial charge in [0.15, 0.2) is 31.6 Å². The second-order valence-electron chi connectivity index (χ2n) is 11.3. The van der Waals surface area contributed by atoms with Gasteiger partial charge in [-0.3, -0.25) is 9.59 Å². The fourth-order valence-electron chi connectivity index (χ4n) is 5.25. The number of allylic oxidation sites excluding steroid dienone is 1. The molecular formula is C31H38O7S2. The number of ketones is 1. The van der Waals surface area contributed by atoms with Crippen LogP contribution in [0.25, 0.3) is 0 Å². The molecule has 2 atom stereocenters. The van der Waals surface area contributed by atoms with E-state index in [4.69, 9.17) is 4.74 Å². The normalized spacial score (nSPS) is 18.9. The highest BCUT2D eigenvalue weighted by molar-refractivity contribution is 7.92. The minimum Gasteiger partial charge on any atom is -0.454 e. The van der Waals surface area contributed by atoms with E-state index in [-0.39, 0.29) is 34.0 Å². The number of aryl methyl sites for hydroxylation is 2. The molecule has 0 spiro atoms. The Bertz CT molecular complexity index is 1560. The Labute approximate surface area is 238 Å². The van der Waals surface area contributed by atoms with Crippen LogP contribution in [0.4, 0.5) is 0 Å². The molecule has 0 heterocycles. The maximum atomic E-state index is 14.2. The summed E-state index contributed by atoms with van der Waals surface area (Å²) < 4.78 is 59.5. The molecule has 9 heteroatoms. The van der Waals surface area contributed by atoms with Crippen LogP contribution in [0, 0.1) is 19.3 Å². The van der Waals surface area contributed by atoms with Gasteiger partial charge in [-0.1, -0.05) is 60.9 Å². The summed E-state index contributed by atoms with van der Waals surface area (Å²) in [6.07, 6.45) is 0.696. The number of hydrogen-bond donors (Lipinski definition) is 0. The summed E-state index contributed by atoms with van der Waals surface area (Å²) in [5, 5.41) is -1.12. The highest BCUT2D eigenvalue weighted by Crippen LogP contribution is 2.46. The third-order valence-electron chi connectivity index (χ3n) is 7.38. The molecule has 0 saturated carbocycles. The topological polar surface area (TPSA) is 112 Å². The van der Waals surface area contributed by atoms with Gasteiger partial charge < -0.3 is 4.74 Å². The average molecular weight is 587 g/mol. The van der Waals surface area contributed by atoms with Crippen LogP contribution in [-0.2, 0) is 34.0 Å². The molecule has 2 aromatic carbocycles. The van der Waals surface area contributed by atoms with Gasteiger partial charge >= 0.3 is 5.97 Å². The minimum absolute atomic E-state index is 0.00123. The molecule has 0 saturated heterocycles. The lowest BCUT2D eigenvalue weighted by Crippen LogP contribution is -2.43. The molecule has 0 radical (unpaired) electrons. The van der Waals surface area contributed by atoms with E-state index < -0.39 is 48.2 Å². The number of rotatable bonds is 9. The number of benzene rings is 2. The zero-order valence-electron chi connectivity index (χ0n) is 24.1. The number of ether oxygens (including phenoxy) is 1. The van der Waals surface area contributed by atoms with Crippen molar-refractivity contribution in [1.29, 1.82) is 0 Å². The zero-order chi connectivity index (χ0) is 30.0. The summed E-state index contributed by atoms with van der Waals surface area (Å²) in [5.74, 6) is -1.28. The van der Waals surface area contributed by atoms with E-state index in [9.17, 15) is 26.4 Å². The second kappa shape index (κ2) is 11.8. The molecule has 2 unspecified atom stereocenters. The van der Waals surface area contributed by atoms with Crippen molar-refractivity contribution in [1.82, 2.24) is 0 Å². The molecule has 40 heavy (non-hydrogen) atoms. The molecule has 2 aromatic rings. The molecule has 0 bridgehead atoms. The van der Waals surface area contributed by atoms with Crippen molar-refractivity contribution >= 4 is 31.4 Å². The van der Waals surface area contributed by atoms with E-state index in [0.717, 1.165) is 11.1 Å². The summed E-state index contributed by atoms with van der Waals surface area (Å²) >= 11 is 0. The lowest BCUT2D eigenvalue weighted by molar-refractivity contribution is -0.153. The van der Waals surface area contributed by atoms with Crippen LogP contribution in [0.2, 0.25) is 0 Å². The van der Waals surface area contributed by atoms with E-state index in [0.29, 0.717) is 11.1 Å².